The Morgan fingerprint density at radius 3 is 2.33 bits per heavy atom. The first kappa shape index (κ1) is 12.5. The molecule has 1 saturated heterocycles. The van der Waals surface area contributed by atoms with Crippen LogP contribution in [0.4, 0.5) is 0 Å². The number of carbonyl (C=O) groups is 1. The van der Waals surface area contributed by atoms with Gasteiger partial charge < -0.3 is 10.2 Å². The molecule has 15 heavy (non-hydrogen) atoms. The lowest BCUT2D eigenvalue weighted by Crippen LogP contribution is -2.59. The third-order valence-electron chi connectivity index (χ3n) is 3.47. The van der Waals surface area contributed by atoms with Gasteiger partial charge in [0.05, 0.1) is 0 Å². The van der Waals surface area contributed by atoms with E-state index in [0.717, 1.165) is 6.54 Å². The maximum absolute atomic E-state index is 11.0. The van der Waals surface area contributed by atoms with Gasteiger partial charge in [-0.3, -0.25) is 4.79 Å². The fraction of sp³-hybridized carbons (Fsp3) is 0.917. The van der Waals surface area contributed by atoms with Crippen LogP contribution in [-0.2, 0) is 4.79 Å². The van der Waals surface area contributed by atoms with Crippen molar-refractivity contribution < 1.29 is 4.79 Å². The molecular weight excluding hydrogens is 188 g/mol. The molecule has 0 aromatic carbocycles. The number of carbonyl (C=O) groups excluding carboxylic acids is 1. The number of hydrogen-bond acceptors (Lipinski definition) is 2. The van der Waals surface area contributed by atoms with Crippen molar-refractivity contribution in [1.29, 1.82) is 0 Å². The van der Waals surface area contributed by atoms with E-state index < -0.39 is 0 Å². The van der Waals surface area contributed by atoms with Gasteiger partial charge in [-0.15, -0.1) is 0 Å². The minimum atomic E-state index is 0.162. The monoisotopic (exact) mass is 212 g/mol. The van der Waals surface area contributed by atoms with Crippen molar-refractivity contribution in [3.8, 4) is 0 Å². The highest BCUT2D eigenvalue weighted by atomic mass is 16.1. The molecule has 0 atom stereocenters. The second-order valence-corrected chi connectivity index (χ2v) is 4.49. The van der Waals surface area contributed by atoms with E-state index >= 15 is 0 Å². The number of likely N-dealkylation sites (tertiary alicyclic amines) is 1. The molecule has 1 N–H and O–H groups in total. The Kier molecular flexibility index (Phi) is 4.58. The fourth-order valence-corrected chi connectivity index (χ4v) is 2.44. The van der Waals surface area contributed by atoms with Crippen molar-refractivity contribution in [2.45, 2.75) is 39.5 Å². The summed E-state index contributed by atoms with van der Waals surface area (Å²) in [6.45, 7) is 7.43. The summed E-state index contributed by atoms with van der Waals surface area (Å²) in [6.07, 6.45) is 4.92. The molecule has 0 bridgehead atoms. The van der Waals surface area contributed by atoms with E-state index in [1.54, 1.807) is 7.05 Å². The second-order valence-electron chi connectivity index (χ2n) is 4.49. The Morgan fingerprint density at radius 2 is 1.93 bits per heavy atom. The van der Waals surface area contributed by atoms with E-state index in [2.05, 4.69) is 10.2 Å². The van der Waals surface area contributed by atoms with Crippen molar-refractivity contribution in [2.75, 3.05) is 26.7 Å². The summed E-state index contributed by atoms with van der Waals surface area (Å²) in [5.74, 6) is 0.162. The van der Waals surface area contributed by atoms with Crippen LogP contribution in [0.3, 0.4) is 0 Å². The molecule has 0 aromatic heterocycles. The van der Waals surface area contributed by atoms with Gasteiger partial charge in [0.25, 0.3) is 0 Å². The highest BCUT2D eigenvalue weighted by Crippen LogP contribution is 2.47. The maximum Gasteiger partial charge on any atom is 0.221 e. The summed E-state index contributed by atoms with van der Waals surface area (Å²) in [7, 11) is 1.70. The van der Waals surface area contributed by atoms with Crippen LogP contribution in [0.25, 0.3) is 0 Å². The number of nitrogens with one attached hydrogen (secondary N) is 1. The fourth-order valence-electron chi connectivity index (χ4n) is 2.44. The van der Waals surface area contributed by atoms with E-state index in [1.165, 1.54) is 32.4 Å². The Morgan fingerprint density at radius 1 is 1.33 bits per heavy atom. The average molecular weight is 212 g/mol. The molecule has 1 aliphatic carbocycles. The van der Waals surface area contributed by atoms with Gasteiger partial charge >= 0.3 is 0 Å². The van der Waals surface area contributed by atoms with Crippen molar-refractivity contribution in [3.63, 3.8) is 0 Å². The predicted molar refractivity (Wildman–Crippen MR) is 62.8 cm³/mol. The molecule has 88 valence electrons. The zero-order valence-electron chi connectivity index (χ0n) is 10.3. The summed E-state index contributed by atoms with van der Waals surface area (Å²) >= 11 is 0. The van der Waals surface area contributed by atoms with Crippen molar-refractivity contribution in [3.05, 3.63) is 0 Å². The first-order valence-corrected chi connectivity index (χ1v) is 6.17. The number of nitrogens with zero attached hydrogens (tertiary/aromatic N) is 1. The van der Waals surface area contributed by atoms with Crippen LogP contribution in [-0.4, -0.2) is 37.5 Å². The van der Waals surface area contributed by atoms with E-state index in [9.17, 15) is 4.79 Å². The van der Waals surface area contributed by atoms with Crippen LogP contribution in [0.2, 0.25) is 0 Å². The summed E-state index contributed by atoms with van der Waals surface area (Å²) < 4.78 is 0. The molecule has 2 aliphatic rings. The van der Waals surface area contributed by atoms with Crippen LogP contribution in [0.15, 0.2) is 0 Å². The molecule has 2 fully saturated rings. The van der Waals surface area contributed by atoms with Crippen molar-refractivity contribution in [2.24, 2.45) is 5.41 Å². The quantitative estimate of drug-likeness (QED) is 0.771. The van der Waals surface area contributed by atoms with Crippen molar-refractivity contribution in [1.82, 2.24) is 10.2 Å². The Balaban J connectivity index is 0.000000531. The molecule has 1 saturated carbocycles. The standard InChI is InChI=1S/C10H18N2O.C2H6/c1-11-9(13)3-6-12-7-10(8-12)4-2-5-10;1-2/h2-8H2,1H3,(H,11,13);1-2H3. The second kappa shape index (κ2) is 5.50. The number of hydrogen-bond donors (Lipinski definition) is 1. The van der Waals surface area contributed by atoms with Gasteiger partial charge in [0, 0.05) is 33.1 Å². The molecule has 0 aromatic rings. The van der Waals surface area contributed by atoms with Gasteiger partial charge in [0.2, 0.25) is 5.91 Å². The highest BCUT2D eigenvalue weighted by Gasteiger charge is 2.46. The summed E-state index contributed by atoms with van der Waals surface area (Å²) in [4.78, 5) is 13.4. The normalized spacial score (nSPS) is 22.1. The van der Waals surface area contributed by atoms with Crippen molar-refractivity contribution >= 4 is 5.91 Å². The van der Waals surface area contributed by atoms with E-state index in [0.29, 0.717) is 11.8 Å². The maximum atomic E-state index is 11.0. The third kappa shape index (κ3) is 2.94. The zero-order valence-corrected chi connectivity index (χ0v) is 10.3. The number of rotatable bonds is 3. The Hall–Kier alpha value is -0.570. The molecule has 3 heteroatoms. The smallest absolute Gasteiger partial charge is 0.221 e. The Bertz CT molecular complexity index is 204. The lowest BCUT2D eigenvalue weighted by molar-refractivity contribution is -0.122. The van der Waals surface area contributed by atoms with Crippen LogP contribution in [0.1, 0.15) is 39.5 Å². The van der Waals surface area contributed by atoms with Gasteiger partial charge in [-0.05, 0) is 18.3 Å². The van der Waals surface area contributed by atoms with Gasteiger partial charge in [0.1, 0.15) is 0 Å². The van der Waals surface area contributed by atoms with Gasteiger partial charge in [-0.1, -0.05) is 20.3 Å². The Labute approximate surface area is 93.2 Å². The topological polar surface area (TPSA) is 32.3 Å². The van der Waals surface area contributed by atoms with E-state index in [1.807, 2.05) is 13.8 Å². The lowest BCUT2D eigenvalue weighted by Gasteiger charge is -2.56. The first-order valence-electron chi connectivity index (χ1n) is 6.17. The molecule has 3 nitrogen and oxygen atoms in total. The third-order valence-corrected chi connectivity index (χ3v) is 3.47. The summed E-state index contributed by atoms with van der Waals surface area (Å²) in [5.41, 5.74) is 0.697. The largest absolute Gasteiger partial charge is 0.359 e. The molecule has 0 unspecified atom stereocenters. The molecular formula is C12H24N2O. The van der Waals surface area contributed by atoms with Crippen LogP contribution in [0.5, 0.6) is 0 Å². The molecule has 1 spiro atoms. The minimum absolute atomic E-state index is 0.162. The van der Waals surface area contributed by atoms with E-state index in [-0.39, 0.29) is 5.91 Å². The van der Waals surface area contributed by atoms with Crippen LogP contribution < -0.4 is 5.32 Å². The molecule has 1 aliphatic heterocycles. The molecule has 0 radical (unpaired) electrons. The molecule has 2 rings (SSSR count). The number of amides is 1. The van der Waals surface area contributed by atoms with Gasteiger partial charge in [-0.25, -0.2) is 0 Å². The molecule has 1 heterocycles. The van der Waals surface area contributed by atoms with Gasteiger partial charge in [0.15, 0.2) is 0 Å². The van der Waals surface area contributed by atoms with Crippen LogP contribution in [0, 0.1) is 5.41 Å². The lowest BCUT2D eigenvalue weighted by atomic mass is 9.63. The average Bonchev–Trinajstić information content (AvgIpc) is 2.16. The highest BCUT2D eigenvalue weighted by molar-refractivity contribution is 5.75. The first-order chi connectivity index (χ1) is 7.24. The minimum Gasteiger partial charge on any atom is -0.359 e. The summed E-state index contributed by atoms with van der Waals surface area (Å²) in [5, 5.41) is 2.65. The van der Waals surface area contributed by atoms with Crippen LogP contribution >= 0.6 is 0 Å². The molecule has 1 amide bonds. The zero-order chi connectivity index (χ0) is 11.3. The summed E-state index contributed by atoms with van der Waals surface area (Å²) in [6, 6.07) is 0. The predicted octanol–water partition coefficient (Wildman–Crippen LogP) is 1.63. The SMILES string of the molecule is CC.CNC(=O)CCN1CC2(CCC2)C1. The van der Waals surface area contributed by atoms with Gasteiger partial charge in [-0.2, -0.15) is 0 Å². The van der Waals surface area contributed by atoms with E-state index in [4.69, 9.17) is 0 Å².